The minimum Gasteiger partial charge on any atom is -0.462 e. The van der Waals surface area contributed by atoms with E-state index in [2.05, 4.69) is 52.2 Å². The van der Waals surface area contributed by atoms with Gasteiger partial charge in [-0.1, -0.05) is 34.6 Å². The molecule has 0 radical (unpaired) electrons. The number of rotatable bonds is 7. The van der Waals surface area contributed by atoms with Gasteiger partial charge in [-0.2, -0.15) is 0 Å². The van der Waals surface area contributed by atoms with Crippen LogP contribution in [0.4, 0.5) is 0 Å². The van der Waals surface area contributed by atoms with Gasteiger partial charge in [0.15, 0.2) is 0 Å². The Morgan fingerprint density at radius 3 is 1.91 bits per heavy atom. The Morgan fingerprint density at radius 1 is 0.714 bits per heavy atom. The van der Waals surface area contributed by atoms with E-state index in [9.17, 15) is 24.0 Å². The Balaban J connectivity index is 1.37. The second-order valence-corrected chi connectivity index (χ2v) is 22.5. The van der Waals surface area contributed by atoms with E-state index in [1.165, 1.54) is 6.92 Å². The first-order valence-electron chi connectivity index (χ1n) is 21.3. The van der Waals surface area contributed by atoms with Gasteiger partial charge in [-0.15, -0.1) is 0 Å². The predicted octanol–water partition coefficient (Wildman–Crippen LogP) is 7.60. The molecule has 0 aromatic heterocycles. The van der Waals surface area contributed by atoms with Gasteiger partial charge in [0.2, 0.25) is 5.91 Å². The van der Waals surface area contributed by atoms with Gasteiger partial charge in [0.25, 0.3) is 0 Å². The highest BCUT2D eigenvalue weighted by atomic mass is 16.6. The first kappa shape index (κ1) is 44.4. The molecule has 56 heavy (non-hydrogen) atoms. The average molecular weight is 787 g/mol. The van der Waals surface area contributed by atoms with E-state index in [0.717, 1.165) is 44.9 Å². The predicted molar refractivity (Wildman–Crippen MR) is 213 cm³/mol. The van der Waals surface area contributed by atoms with Gasteiger partial charge in [0, 0.05) is 29.3 Å². The maximum atomic E-state index is 13.1. The molecule has 1 saturated heterocycles. The van der Waals surface area contributed by atoms with Crippen LogP contribution < -0.4 is 10.6 Å². The zero-order valence-electron chi connectivity index (χ0n) is 37.3. The zero-order valence-corrected chi connectivity index (χ0v) is 37.3. The number of esters is 3. The van der Waals surface area contributed by atoms with Crippen LogP contribution in [0, 0.1) is 45.3 Å². The van der Waals surface area contributed by atoms with Crippen molar-refractivity contribution in [2.24, 2.45) is 45.3 Å². The van der Waals surface area contributed by atoms with Crippen LogP contribution in [0.25, 0.3) is 0 Å². The van der Waals surface area contributed by atoms with Crippen molar-refractivity contribution in [3.05, 3.63) is 0 Å². The van der Waals surface area contributed by atoms with E-state index in [1.807, 2.05) is 55.4 Å². The number of ether oxygens (including phenoxy) is 4. The molecular weight excluding hydrogens is 713 g/mol. The van der Waals surface area contributed by atoms with Crippen LogP contribution in [0.3, 0.4) is 0 Å². The fourth-order valence-corrected chi connectivity index (χ4v) is 13.1. The Labute approximate surface area is 336 Å². The Kier molecular flexibility index (Phi) is 11.5. The van der Waals surface area contributed by atoms with Crippen molar-refractivity contribution >= 4 is 29.7 Å². The fraction of sp³-hybridized carbons (Fsp3) is 0.889. The average Bonchev–Trinajstić information content (AvgIpc) is 3.60. The molecule has 5 aliphatic rings. The summed E-state index contributed by atoms with van der Waals surface area (Å²) in [6.45, 7) is 30.3. The van der Waals surface area contributed by atoms with Crippen LogP contribution >= 0.6 is 0 Å². The third kappa shape index (κ3) is 8.14. The number of carbonyl (C=O) groups is 5. The molecular formula is C45H74N2O9. The number of nitrogens with one attached hydrogen (secondary N) is 2. The van der Waals surface area contributed by atoms with Crippen molar-refractivity contribution in [1.29, 1.82) is 0 Å². The molecule has 318 valence electrons. The smallest absolute Gasteiger partial charge is 0.397 e. The number of hydrogen-bond acceptors (Lipinski definition) is 9. The largest absolute Gasteiger partial charge is 0.462 e. The van der Waals surface area contributed by atoms with Gasteiger partial charge in [-0.05, 0) is 154 Å². The molecule has 5 rings (SSSR count). The summed E-state index contributed by atoms with van der Waals surface area (Å²) in [5.41, 5.74) is -3.15. The number of amides is 2. The minimum atomic E-state index is -1.03. The summed E-state index contributed by atoms with van der Waals surface area (Å²) in [6, 6.07) is 0. The lowest BCUT2D eigenvalue weighted by Gasteiger charge is -2.70. The second kappa shape index (κ2) is 14.5. The maximum absolute atomic E-state index is 13.1. The van der Waals surface area contributed by atoms with Gasteiger partial charge < -0.3 is 29.6 Å². The molecule has 0 unspecified atom stereocenters. The molecule has 0 aromatic carbocycles. The lowest BCUT2D eigenvalue weighted by molar-refractivity contribution is -0.254. The van der Waals surface area contributed by atoms with Crippen molar-refractivity contribution in [2.45, 2.75) is 209 Å². The molecule has 0 aromatic rings. The van der Waals surface area contributed by atoms with Gasteiger partial charge in [0.05, 0.1) is 11.7 Å². The summed E-state index contributed by atoms with van der Waals surface area (Å²) in [6.07, 6.45) is 6.46. The molecule has 2 N–H and O–H groups in total. The number of fused-ring (bicyclic) bond motifs is 5. The van der Waals surface area contributed by atoms with Crippen molar-refractivity contribution in [1.82, 2.24) is 10.6 Å². The summed E-state index contributed by atoms with van der Waals surface area (Å²) in [5.74, 6) is -2.04. The van der Waals surface area contributed by atoms with E-state index < -0.39 is 46.2 Å². The van der Waals surface area contributed by atoms with Crippen molar-refractivity contribution in [3.63, 3.8) is 0 Å². The normalized spacial score (nSPS) is 39.3. The highest BCUT2D eigenvalue weighted by Gasteiger charge is 2.73. The standard InChI is InChI=1S/C45H74N2O9/c1-26(48)53-28-24-30-42(12)20-18-31(54-34(50)25-33(49)46-38(2,3)4)40(8,9)29(42)17-22-43(30,13)44(14)21-16-27(35(28)44)45(15)23-19-32(55-45)41(10,11)56-37(52)36(51)47-39(5,6)7/h27-32,35H,16-25H2,1-15H3,(H,46,49)(H,47,51)/t27-,28+,29-,30+,31+,32+,35-,42-,43+,44+,45-/m0/s1. The summed E-state index contributed by atoms with van der Waals surface area (Å²) < 4.78 is 25.4. The Hall–Kier alpha value is -2.69. The number of carbonyl (C=O) groups excluding carboxylic acids is 5. The third-order valence-corrected chi connectivity index (χ3v) is 15.6. The fourth-order valence-electron chi connectivity index (χ4n) is 13.1. The minimum absolute atomic E-state index is 0.0392. The van der Waals surface area contributed by atoms with E-state index >= 15 is 0 Å². The molecule has 0 spiro atoms. The molecule has 0 bridgehead atoms. The first-order valence-corrected chi connectivity index (χ1v) is 21.3. The number of hydrogen-bond donors (Lipinski definition) is 2. The molecule has 2 amide bonds. The van der Waals surface area contributed by atoms with Gasteiger partial charge in [-0.25, -0.2) is 4.79 Å². The van der Waals surface area contributed by atoms with Crippen LogP contribution in [0.2, 0.25) is 0 Å². The summed E-state index contributed by atoms with van der Waals surface area (Å²) in [5, 5.41) is 5.56. The molecule has 11 atom stereocenters. The molecule has 1 heterocycles. The summed E-state index contributed by atoms with van der Waals surface area (Å²) >= 11 is 0. The van der Waals surface area contributed by atoms with Gasteiger partial charge >= 0.3 is 23.8 Å². The highest BCUT2D eigenvalue weighted by Crippen LogP contribution is 2.76. The van der Waals surface area contributed by atoms with E-state index in [4.69, 9.17) is 18.9 Å². The quantitative estimate of drug-likeness (QED) is 0.115. The molecule has 5 fully saturated rings. The zero-order chi connectivity index (χ0) is 42.2. The van der Waals surface area contributed by atoms with Gasteiger partial charge in [0.1, 0.15) is 24.2 Å². The Morgan fingerprint density at radius 2 is 1.32 bits per heavy atom. The lowest BCUT2D eigenvalue weighted by atomic mass is 9.35. The second-order valence-electron chi connectivity index (χ2n) is 22.5. The van der Waals surface area contributed by atoms with E-state index in [1.54, 1.807) is 0 Å². The van der Waals surface area contributed by atoms with Gasteiger partial charge in [-0.3, -0.25) is 19.2 Å². The Bertz CT molecular complexity index is 1570. The first-order chi connectivity index (χ1) is 25.4. The molecule has 4 aliphatic carbocycles. The van der Waals surface area contributed by atoms with Crippen LogP contribution in [0.5, 0.6) is 0 Å². The lowest BCUT2D eigenvalue weighted by Crippen LogP contribution is -2.67. The van der Waals surface area contributed by atoms with E-state index in [0.29, 0.717) is 12.8 Å². The van der Waals surface area contributed by atoms with Crippen molar-refractivity contribution < 1.29 is 42.9 Å². The molecule has 1 aliphatic heterocycles. The van der Waals surface area contributed by atoms with Crippen LogP contribution in [0.1, 0.15) is 168 Å². The van der Waals surface area contributed by atoms with Crippen molar-refractivity contribution in [3.8, 4) is 0 Å². The van der Waals surface area contributed by atoms with Crippen LogP contribution in [-0.2, 0) is 42.9 Å². The maximum Gasteiger partial charge on any atom is 0.397 e. The molecule has 4 saturated carbocycles. The van der Waals surface area contributed by atoms with Crippen LogP contribution in [-0.4, -0.2) is 70.3 Å². The molecule has 11 nitrogen and oxygen atoms in total. The summed E-state index contributed by atoms with van der Waals surface area (Å²) in [4.78, 5) is 64.1. The summed E-state index contributed by atoms with van der Waals surface area (Å²) in [7, 11) is 0. The third-order valence-electron chi connectivity index (χ3n) is 15.6. The van der Waals surface area contributed by atoms with E-state index in [-0.39, 0.29) is 75.8 Å². The monoisotopic (exact) mass is 787 g/mol. The SMILES string of the molecule is CC(=O)O[C@@H]1C[C@@H]2[C@@]3(C)CC[C@@H](OC(=O)CC(=O)NC(C)(C)C)C(C)(C)[C@@H]3CC[C@@]2(C)[C@]2(C)CC[C@H]([C@]3(C)CC[C@H](C(C)(C)OC(=O)C(=O)NC(C)(C)C)O3)[C@@H]12. The molecule has 11 heteroatoms. The van der Waals surface area contributed by atoms with Crippen molar-refractivity contribution in [2.75, 3.05) is 0 Å². The topological polar surface area (TPSA) is 146 Å². The van der Waals surface area contributed by atoms with Crippen LogP contribution in [0.15, 0.2) is 0 Å². The highest BCUT2D eigenvalue weighted by molar-refractivity contribution is 6.32.